The Labute approximate surface area is 96.7 Å². The van der Waals surface area contributed by atoms with E-state index in [1.165, 1.54) is 0 Å². The summed E-state index contributed by atoms with van der Waals surface area (Å²) >= 11 is 0. The number of halogens is 2. The van der Waals surface area contributed by atoms with Crippen LogP contribution in [0.4, 0.5) is 0 Å². The summed E-state index contributed by atoms with van der Waals surface area (Å²) in [6.07, 6.45) is 3.33. The maximum Gasteiger partial charge on any atom is 0.102 e. The molecule has 1 aromatic heterocycles. The van der Waals surface area contributed by atoms with Crippen LogP contribution in [0, 0.1) is 0 Å². The van der Waals surface area contributed by atoms with Crippen LogP contribution in [0.25, 0.3) is 0 Å². The molecule has 0 amide bonds. The largest absolute Gasteiger partial charge is 0.322 e. The average molecular weight is 257 g/mol. The summed E-state index contributed by atoms with van der Waals surface area (Å²) in [5.41, 5.74) is 6.61. The minimum absolute atomic E-state index is 0. The van der Waals surface area contributed by atoms with Gasteiger partial charge in [0.2, 0.25) is 0 Å². The number of aromatic nitrogens is 1. The fraction of sp³-hybridized carbons (Fsp3) is 0.375. The molecule has 0 saturated carbocycles. The van der Waals surface area contributed by atoms with Crippen LogP contribution in [0.2, 0.25) is 0 Å². The highest BCUT2D eigenvalue weighted by Crippen LogP contribution is 2.48. The summed E-state index contributed by atoms with van der Waals surface area (Å²) in [6, 6.07) is 3.64. The zero-order chi connectivity index (χ0) is 9.19. The molecule has 0 aliphatic carbocycles. The van der Waals surface area contributed by atoms with E-state index in [1.54, 1.807) is 31.8 Å². The Balaban J connectivity index is 0. The maximum atomic E-state index is 11.6. The van der Waals surface area contributed by atoms with Gasteiger partial charge in [-0.2, -0.15) is 0 Å². The number of hydrogen-bond donors (Lipinski definition) is 1. The molecule has 0 fully saturated rings. The van der Waals surface area contributed by atoms with Gasteiger partial charge < -0.3 is 10.3 Å². The van der Waals surface area contributed by atoms with Crippen molar-refractivity contribution in [2.75, 3.05) is 13.3 Å². The zero-order valence-corrected chi connectivity index (χ0v) is 10.6. The summed E-state index contributed by atoms with van der Waals surface area (Å²) in [5.74, 6) is -0.383. The van der Waals surface area contributed by atoms with Crippen molar-refractivity contribution in [1.29, 1.82) is 0 Å². The Morgan fingerprint density at radius 3 is 2.36 bits per heavy atom. The molecule has 0 spiro atoms. The van der Waals surface area contributed by atoms with Gasteiger partial charge in [0.05, 0.1) is 5.78 Å². The van der Waals surface area contributed by atoms with Crippen LogP contribution in [0.5, 0.6) is 0 Å². The minimum atomic E-state index is -2.24. The lowest BCUT2D eigenvalue weighted by molar-refractivity contribution is 0.574. The molecular weight excluding hydrogens is 242 g/mol. The molecule has 14 heavy (non-hydrogen) atoms. The lowest BCUT2D eigenvalue weighted by Gasteiger charge is -2.15. The van der Waals surface area contributed by atoms with Crippen molar-refractivity contribution in [3.05, 3.63) is 30.1 Å². The monoisotopic (exact) mass is 256 g/mol. The SMILES string of the molecule is CP(C)(=O)[C@H](N)c1cccnc1.Cl.Cl. The van der Waals surface area contributed by atoms with Gasteiger partial charge in [-0.05, 0) is 25.0 Å². The Morgan fingerprint density at radius 1 is 1.43 bits per heavy atom. The first-order chi connectivity index (χ1) is 5.52. The van der Waals surface area contributed by atoms with Gasteiger partial charge in [0.25, 0.3) is 0 Å². The quantitative estimate of drug-likeness (QED) is 0.828. The average Bonchev–Trinajstić information content (AvgIpc) is 2.03. The van der Waals surface area contributed by atoms with Crippen molar-refractivity contribution >= 4 is 32.0 Å². The molecule has 0 bridgehead atoms. The third-order valence-electron chi connectivity index (χ3n) is 1.70. The van der Waals surface area contributed by atoms with E-state index in [1.807, 2.05) is 6.07 Å². The lowest BCUT2D eigenvalue weighted by Crippen LogP contribution is -2.09. The summed E-state index contributed by atoms with van der Waals surface area (Å²) in [7, 11) is -2.24. The minimum Gasteiger partial charge on any atom is -0.322 e. The molecule has 0 aliphatic heterocycles. The van der Waals surface area contributed by atoms with Gasteiger partial charge in [-0.15, -0.1) is 24.8 Å². The van der Waals surface area contributed by atoms with Crippen LogP contribution in [0.3, 0.4) is 0 Å². The van der Waals surface area contributed by atoms with Crippen LogP contribution < -0.4 is 5.73 Å². The fourth-order valence-corrected chi connectivity index (χ4v) is 1.78. The van der Waals surface area contributed by atoms with E-state index in [2.05, 4.69) is 4.98 Å². The number of pyridine rings is 1. The molecule has 1 rings (SSSR count). The second-order valence-corrected chi connectivity index (χ2v) is 6.59. The van der Waals surface area contributed by atoms with Gasteiger partial charge in [0.1, 0.15) is 7.14 Å². The van der Waals surface area contributed by atoms with E-state index in [0.717, 1.165) is 5.56 Å². The Bertz CT molecular complexity index is 301. The zero-order valence-electron chi connectivity index (χ0n) is 8.08. The highest BCUT2D eigenvalue weighted by Gasteiger charge is 2.19. The van der Waals surface area contributed by atoms with Crippen molar-refractivity contribution in [2.45, 2.75) is 5.78 Å². The van der Waals surface area contributed by atoms with Crippen LogP contribution >= 0.6 is 32.0 Å². The molecule has 2 N–H and O–H groups in total. The molecule has 0 aromatic carbocycles. The second-order valence-electron chi connectivity index (χ2n) is 3.17. The highest BCUT2D eigenvalue weighted by atomic mass is 35.5. The lowest BCUT2D eigenvalue weighted by atomic mass is 10.3. The van der Waals surface area contributed by atoms with Crippen molar-refractivity contribution in [1.82, 2.24) is 4.98 Å². The number of hydrogen-bond acceptors (Lipinski definition) is 3. The molecule has 6 heteroatoms. The van der Waals surface area contributed by atoms with E-state index in [-0.39, 0.29) is 30.6 Å². The molecule has 82 valence electrons. The van der Waals surface area contributed by atoms with Crippen molar-refractivity contribution in [3.63, 3.8) is 0 Å². The van der Waals surface area contributed by atoms with Crippen LogP contribution in [0.1, 0.15) is 11.3 Å². The van der Waals surface area contributed by atoms with Crippen molar-refractivity contribution < 1.29 is 4.57 Å². The Kier molecular flexibility index (Phi) is 7.49. The Hall–Kier alpha value is -0.0800. The molecule has 0 radical (unpaired) electrons. The third kappa shape index (κ3) is 4.43. The molecular formula is C8H15Cl2N2OP. The molecule has 3 nitrogen and oxygen atoms in total. The third-order valence-corrected chi connectivity index (χ3v) is 3.33. The maximum absolute atomic E-state index is 11.6. The topological polar surface area (TPSA) is 56.0 Å². The second kappa shape index (κ2) is 6.41. The Morgan fingerprint density at radius 2 is 2.00 bits per heavy atom. The van der Waals surface area contributed by atoms with Gasteiger partial charge >= 0.3 is 0 Å². The molecule has 0 saturated heterocycles. The molecule has 1 heterocycles. The van der Waals surface area contributed by atoms with E-state index >= 15 is 0 Å². The molecule has 1 aromatic rings. The van der Waals surface area contributed by atoms with Crippen LogP contribution in [0.15, 0.2) is 24.5 Å². The van der Waals surface area contributed by atoms with Crippen molar-refractivity contribution in [2.24, 2.45) is 5.73 Å². The van der Waals surface area contributed by atoms with E-state index < -0.39 is 7.14 Å². The van der Waals surface area contributed by atoms with E-state index in [4.69, 9.17) is 5.73 Å². The first-order valence-electron chi connectivity index (χ1n) is 3.72. The van der Waals surface area contributed by atoms with E-state index in [0.29, 0.717) is 0 Å². The number of nitrogens with two attached hydrogens (primary N) is 1. The van der Waals surface area contributed by atoms with Crippen LogP contribution in [-0.4, -0.2) is 18.3 Å². The highest BCUT2D eigenvalue weighted by molar-refractivity contribution is 7.62. The fourth-order valence-electron chi connectivity index (χ4n) is 0.910. The molecule has 0 unspecified atom stereocenters. The smallest absolute Gasteiger partial charge is 0.102 e. The van der Waals surface area contributed by atoms with Crippen LogP contribution in [-0.2, 0) is 4.57 Å². The summed E-state index contributed by atoms with van der Waals surface area (Å²) in [5, 5.41) is 0. The van der Waals surface area contributed by atoms with Gasteiger partial charge in [0, 0.05) is 12.4 Å². The summed E-state index contributed by atoms with van der Waals surface area (Å²) in [4.78, 5) is 3.92. The number of rotatable bonds is 2. The summed E-state index contributed by atoms with van der Waals surface area (Å²) < 4.78 is 11.6. The van der Waals surface area contributed by atoms with Gasteiger partial charge in [-0.1, -0.05) is 6.07 Å². The standard InChI is InChI=1S/C8H13N2OP.2ClH/c1-12(2,11)8(9)7-4-3-5-10-6-7;;/h3-6,8H,9H2,1-2H3;2*1H/t8-;;/m0../s1. The van der Waals surface area contributed by atoms with Gasteiger partial charge in [0.15, 0.2) is 0 Å². The first kappa shape index (κ1) is 16.4. The predicted molar refractivity (Wildman–Crippen MR) is 65.1 cm³/mol. The van der Waals surface area contributed by atoms with Gasteiger partial charge in [-0.25, -0.2) is 0 Å². The molecule has 0 aliphatic rings. The molecule has 1 atom stereocenters. The number of nitrogens with zero attached hydrogens (tertiary/aromatic N) is 1. The van der Waals surface area contributed by atoms with Gasteiger partial charge in [-0.3, -0.25) is 4.98 Å². The normalized spacial score (nSPS) is 12.2. The van der Waals surface area contributed by atoms with E-state index in [9.17, 15) is 4.57 Å². The first-order valence-corrected chi connectivity index (χ1v) is 6.39. The summed E-state index contributed by atoms with van der Waals surface area (Å²) in [6.45, 7) is 3.37. The van der Waals surface area contributed by atoms with Crippen molar-refractivity contribution in [3.8, 4) is 0 Å². The predicted octanol–water partition coefficient (Wildman–Crippen LogP) is 2.51.